The molecule has 1 atom stereocenters. The Labute approximate surface area is 118 Å². The van der Waals surface area contributed by atoms with Gasteiger partial charge in [0.05, 0.1) is 0 Å². The lowest BCUT2D eigenvalue weighted by atomic mass is 10.1. The fraction of sp³-hybridized carbons (Fsp3) is 0.769. The number of fused-ring (bicyclic) bond motifs is 1. The Morgan fingerprint density at radius 3 is 2.80 bits per heavy atom. The highest BCUT2D eigenvalue weighted by molar-refractivity contribution is 5.82. The third-order valence-corrected chi connectivity index (χ3v) is 3.86. The Bertz CT molecular complexity index is 412. The van der Waals surface area contributed by atoms with Crippen LogP contribution in [0.5, 0.6) is 0 Å². The third-order valence-electron chi connectivity index (χ3n) is 3.86. The lowest BCUT2D eigenvalue weighted by molar-refractivity contribution is -0.137. The van der Waals surface area contributed by atoms with E-state index in [0.29, 0.717) is 32.6 Å². The monoisotopic (exact) mass is 283 g/mol. The maximum absolute atomic E-state index is 12.4. The fourth-order valence-electron chi connectivity index (χ4n) is 2.91. The highest BCUT2D eigenvalue weighted by Gasteiger charge is 2.37. The normalized spacial score (nSPS) is 21.9. The average Bonchev–Trinajstić information content (AvgIpc) is 2.78. The van der Waals surface area contributed by atoms with E-state index in [9.17, 15) is 14.4 Å². The van der Waals surface area contributed by atoms with Crippen LogP contribution in [0.4, 0.5) is 4.79 Å². The van der Waals surface area contributed by atoms with Crippen molar-refractivity contribution in [1.82, 2.24) is 14.7 Å². The van der Waals surface area contributed by atoms with Gasteiger partial charge in [0, 0.05) is 38.6 Å². The number of urea groups is 1. The number of piperazine rings is 1. The van der Waals surface area contributed by atoms with Crippen molar-refractivity contribution in [1.29, 1.82) is 0 Å². The van der Waals surface area contributed by atoms with E-state index < -0.39 is 5.97 Å². The number of carboxylic acids is 1. The van der Waals surface area contributed by atoms with E-state index >= 15 is 0 Å². The topological polar surface area (TPSA) is 81.2 Å². The van der Waals surface area contributed by atoms with Gasteiger partial charge in [0.2, 0.25) is 5.91 Å². The summed E-state index contributed by atoms with van der Waals surface area (Å²) in [6, 6.07) is -0.123. The summed E-state index contributed by atoms with van der Waals surface area (Å²) >= 11 is 0. The maximum Gasteiger partial charge on any atom is 0.323 e. The summed E-state index contributed by atoms with van der Waals surface area (Å²) < 4.78 is 0. The number of amides is 3. The highest BCUT2D eigenvalue weighted by atomic mass is 16.4. The molecular formula is C13H21N3O4. The van der Waals surface area contributed by atoms with Crippen molar-refractivity contribution >= 4 is 17.9 Å². The molecule has 0 aromatic carbocycles. The molecule has 0 spiro atoms. The Kier molecular flexibility index (Phi) is 4.46. The predicted octanol–water partition coefficient (Wildman–Crippen LogP) is 0.210. The van der Waals surface area contributed by atoms with Crippen LogP contribution < -0.4 is 0 Å². The van der Waals surface area contributed by atoms with Gasteiger partial charge in [-0.2, -0.15) is 0 Å². The lowest BCUT2D eigenvalue weighted by Gasteiger charge is -2.39. The molecule has 0 bridgehead atoms. The second-order valence-electron chi connectivity index (χ2n) is 5.32. The van der Waals surface area contributed by atoms with E-state index in [1.54, 1.807) is 4.90 Å². The molecule has 20 heavy (non-hydrogen) atoms. The lowest BCUT2D eigenvalue weighted by Crippen LogP contribution is -2.56. The smallest absolute Gasteiger partial charge is 0.323 e. The van der Waals surface area contributed by atoms with Crippen LogP contribution in [0.25, 0.3) is 0 Å². The van der Waals surface area contributed by atoms with Crippen molar-refractivity contribution in [2.45, 2.75) is 32.2 Å². The first kappa shape index (κ1) is 14.6. The van der Waals surface area contributed by atoms with Gasteiger partial charge < -0.3 is 19.8 Å². The zero-order chi connectivity index (χ0) is 14.7. The summed E-state index contributed by atoms with van der Waals surface area (Å²) in [4.78, 5) is 39.7. The van der Waals surface area contributed by atoms with Crippen molar-refractivity contribution in [2.75, 3.05) is 32.7 Å². The second-order valence-corrected chi connectivity index (χ2v) is 5.32. The van der Waals surface area contributed by atoms with Crippen LogP contribution in [-0.2, 0) is 9.59 Å². The van der Waals surface area contributed by atoms with Gasteiger partial charge >= 0.3 is 12.0 Å². The Morgan fingerprint density at radius 1 is 1.40 bits per heavy atom. The zero-order valence-electron chi connectivity index (χ0n) is 11.7. The average molecular weight is 283 g/mol. The summed E-state index contributed by atoms with van der Waals surface area (Å²) in [6.45, 7) is 3.65. The summed E-state index contributed by atoms with van der Waals surface area (Å²) in [5.41, 5.74) is 0. The van der Waals surface area contributed by atoms with E-state index in [2.05, 4.69) is 0 Å². The van der Waals surface area contributed by atoms with Crippen LogP contribution in [0.3, 0.4) is 0 Å². The van der Waals surface area contributed by atoms with Gasteiger partial charge in [-0.15, -0.1) is 0 Å². The molecule has 0 saturated carbocycles. The van der Waals surface area contributed by atoms with Crippen molar-refractivity contribution in [3.05, 3.63) is 0 Å². The molecule has 1 unspecified atom stereocenters. The summed E-state index contributed by atoms with van der Waals surface area (Å²) in [5, 5.41) is 8.88. The number of carbonyl (C=O) groups excluding carboxylic acids is 2. The van der Waals surface area contributed by atoms with Crippen LogP contribution in [-0.4, -0.2) is 76.5 Å². The van der Waals surface area contributed by atoms with E-state index in [4.69, 9.17) is 5.11 Å². The molecule has 7 heteroatoms. The van der Waals surface area contributed by atoms with Gasteiger partial charge in [0.25, 0.3) is 0 Å². The van der Waals surface area contributed by atoms with Crippen LogP contribution in [0.2, 0.25) is 0 Å². The van der Waals surface area contributed by atoms with Gasteiger partial charge in [-0.3, -0.25) is 9.59 Å². The van der Waals surface area contributed by atoms with Crippen molar-refractivity contribution in [3.63, 3.8) is 0 Å². The quantitative estimate of drug-likeness (QED) is 0.799. The van der Waals surface area contributed by atoms with E-state index in [1.165, 1.54) is 4.90 Å². The number of carboxylic acid groups (broad SMARTS) is 1. The molecule has 2 saturated heterocycles. The number of aliphatic carboxylic acids is 1. The molecule has 3 amide bonds. The second kappa shape index (κ2) is 6.11. The van der Waals surface area contributed by atoms with Crippen LogP contribution in [0, 0.1) is 0 Å². The predicted molar refractivity (Wildman–Crippen MR) is 71.2 cm³/mol. The Morgan fingerprint density at radius 2 is 2.15 bits per heavy atom. The largest absolute Gasteiger partial charge is 0.480 e. The maximum atomic E-state index is 12.4. The molecule has 0 aromatic rings. The fourth-order valence-corrected chi connectivity index (χ4v) is 2.91. The minimum Gasteiger partial charge on any atom is -0.480 e. The number of hydrogen-bond donors (Lipinski definition) is 1. The molecule has 0 aromatic heterocycles. The molecule has 0 radical (unpaired) electrons. The minimum absolute atomic E-state index is 0.105. The molecular weight excluding hydrogens is 262 g/mol. The first-order chi connectivity index (χ1) is 9.52. The van der Waals surface area contributed by atoms with Gasteiger partial charge in [0.15, 0.2) is 0 Å². The first-order valence-corrected chi connectivity index (χ1v) is 7.08. The molecule has 2 rings (SSSR count). The Balaban J connectivity index is 1.97. The standard InChI is InChI=1S/C13H21N3O4/c1-2-5-14(9-12(18)19)13(20)15-6-7-16-10(8-15)3-4-11(16)17/h10H,2-9H2,1H3,(H,18,19). The van der Waals surface area contributed by atoms with Crippen molar-refractivity contribution in [2.24, 2.45) is 0 Å². The third kappa shape index (κ3) is 3.02. The number of hydrogen-bond acceptors (Lipinski definition) is 3. The molecule has 0 aliphatic carbocycles. The molecule has 2 fully saturated rings. The molecule has 2 aliphatic rings. The summed E-state index contributed by atoms with van der Waals surface area (Å²) in [7, 11) is 0. The summed E-state index contributed by atoms with van der Waals surface area (Å²) in [5.74, 6) is -0.834. The van der Waals surface area contributed by atoms with E-state index in [0.717, 1.165) is 12.8 Å². The summed E-state index contributed by atoms with van der Waals surface area (Å²) in [6.07, 6.45) is 2.07. The molecule has 112 valence electrons. The SMILES string of the molecule is CCCN(CC(=O)O)C(=O)N1CCN2C(=O)CCC2C1. The molecule has 2 heterocycles. The number of nitrogens with zero attached hydrogens (tertiary/aromatic N) is 3. The van der Waals surface area contributed by atoms with Gasteiger partial charge in [-0.05, 0) is 12.8 Å². The van der Waals surface area contributed by atoms with E-state index in [-0.39, 0.29) is 24.5 Å². The van der Waals surface area contributed by atoms with Gasteiger partial charge in [0.1, 0.15) is 6.54 Å². The van der Waals surface area contributed by atoms with Crippen LogP contribution >= 0.6 is 0 Å². The highest BCUT2D eigenvalue weighted by Crippen LogP contribution is 2.23. The van der Waals surface area contributed by atoms with Crippen molar-refractivity contribution in [3.8, 4) is 0 Å². The van der Waals surface area contributed by atoms with Gasteiger partial charge in [-0.1, -0.05) is 6.92 Å². The van der Waals surface area contributed by atoms with Crippen LogP contribution in [0.15, 0.2) is 0 Å². The van der Waals surface area contributed by atoms with Crippen LogP contribution in [0.1, 0.15) is 26.2 Å². The van der Waals surface area contributed by atoms with Gasteiger partial charge in [-0.25, -0.2) is 4.79 Å². The Hall–Kier alpha value is -1.79. The molecule has 7 nitrogen and oxygen atoms in total. The molecule has 1 N–H and O–H groups in total. The number of rotatable bonds is 4. The minimum atomic E-state index is -0.999. The van der Waals surface area contributed by atoms with Crippen molar-refractivity contribution < 1.29 is 19.5 Å². The first-order valence-electron chi connectivity index (χ1n) is 7.08. The molecule has 2 aliphatic heterocycles. The number of carbonyl (C=O) groups is 3. The van der Waals surface area contributed by atoms with E-state index in [1.807, 2.05) is 11.8 Å². The zero-order valence-corrected chi connectivity index (χ0v) is 11.7.